The number of nitrogens with one attached hydrogen (secondary N) is 2. The fourth-order valence-corrected chi connectivity index (χ4v) is 1.47. The van der Waals surface area contributed by atoms with Crippen molar-refractivity contribution in [2.45, 2.75) is 13.0 Å². The number of nitrogens with two attached hydrogens (primary N) is 1. The molecule has 19 heavy (non-hydrogen) atoms. The predicted octanol–water partition coefficient (Wildman–Crippen LogP) is 0.874. The molecule has 2 aromatic rings. The number of benzene rings is 1. The number of nitrogens with zero attached hydrogens (tertiary/aromatic N) is 4. The van der Waals surface area contributed by atoms with Gasteiger partial charge in [0.2, 0.25) is 0 Å². The van der Waals surface area contributed by atoms with Gasteiger partial charge in [0.05, 0.1) is 7.05 Å². The minimum atomic E-state index is -0.429. The molecule has 8 nitrogen and oxygen atoms in total. The highest BCUT2D eigenvalue weighted by atomic mass is 16.2. The first-order valence-corrected chi connectivity index (χ1v) is 5.72. The second kappa shape index (κ2) is 5.44. The zero-order valence-electron chi connectivity index (χ0n) is 10.7. The molecule has 0 saturated carbocycles. The van der Waals surface area contributed by atoms with Gasteiger partial charge in [-0.2, -0.15) is 4.80 Å². The number of amides is 2. The van der Waals surface area contributed by atoms with Crippen molar-refractivity contribution in [2.24, 2.45) is 12.8 Å². The lowest BCUT2D eigenvalue weighted by molar-refractivity contribution is 0.262. The summed E-state index contributed by atoms with van der Waals surface area (Å²) in [6, 6.07) is 6.82. The van der Waals surface area contributed by atoms with Gasteiger partial charge in [0.15, 0.2) is 0 Å². The van der Waals surface area contributed by atoms with Gasteiger partial charge in [-0.25, -0.2) is 4.79 Å². The van der Waals surface area contributed by atoms with E-state index < -0.39 is 6.03 Å². The van der Waals surface area contributed by atoms with Crippen molar-refractivity contribution in [3.05, 3.63) is 29.8 Å². The van der Waals surface area contributed by atoms with Crippen molar-refractivity contribution in [2.75, 3.05) is 10.6 Å². The van der Waals surface area contributed by atoms with Crippen molar-refractivity contribution < 1.29 is 4.79 Å². The van der Waals surface area contributed by atoms with Crippen LogP contribution in [0.2, 0.25) is 0 Å². The molecule has 100 valence electrons. The third kappa shape index (κ3) is 3.49. The SMILES string of the molecule is CC(N)c1ccc(NC(=O)Nc2nnn(C)n2)cc1. The average Bonchev–Trinajstić information content (AvgIpc) is 2.75. The Balaban J connectivity index is 1.95. The van der Waals surface area contributed by atoms with Gasteiger partial charge in [-0.1, -0.05) is 17.2 Å². The molecule has 0 bridgehead atoms. The van der Waals surface area contributed by atoms with Crippen molar-refractivity contribution in [3.63, 3.8) is 0 Å². The van der Waals surface area contributed by atoms with E-state index in [0.29, 0.717) is 5.69 Å². The van der Waals surface area contributed by atoms with Crippen LogP contribution in [0.3, 0.4) is 0 Å². The minimum absolute atomic E-state index is 0.0355. The first-order chi connectivity index (χ1) is 9.04. The Morgan fingerprint density at radius 3 is 2.53 bits per heavy atom. The third-order valence-corrected chi connectivity index (χ3v) is 2.43. The van der Waals surface area contributed by atoms with Gasteiger partial charge in [0.25, 0.3) is 5.95 Å². The lowest BCUT2D eigenvalue weighted by Crippen LogP contribution is -2.20. The van der Waals surface area contributed by atoms with Gasteiger partial charge in [0.1, 0.15) is 0 Å². The van der Waals surface area contributed by atoms with Crippen LogP contribution in [0.25, 0.3) is 0 Å². The van der Waals surface area contributed by atoms with Crippen molar-refractivity contribution in [1.82, 2.24) is 20.2 Å². The monoisotopic (exact) mass is 261 g/mol. The minimum Gasteiger partial charge on any atom is -0.324 e. The van der Waals surface area contributed by atoms with Crippen LogP contribution in [-0.4, -0.2) is 26.2 Å². The highest BCUT2D eigenvalue weighted by molar-refractivity contribution is 5.98. The smallest absolute Gasteiger partial charge is 0.324 e. The second-order valence-electron chi connectivity index (χ2n) is 4.09. The number of rotatable bonds is 3. The van der Waals surface area contributed by atoms with Crippen LogP contribution in [0.15, 0.2) is 24.3 Å². The molecule has 0 saturated heterocycles. The van der Waals surface area contributed by atoms with E-state index in [9.17, 15) is 4.79 Å². The maximum absolute atomic E-state index is 11.6. The number of carbonyl (C=O) groups excluding carboxylic acids is 1. The van der Waals surface area contributed by atoms with Crippen molar-refractivity contribution in [1.29, 1.82) is 0 Å². The van der Waals surface area contributed by atoms with Crippen LogP contribution in [0.5, 0.6) is 0 Å². The van der Waals surface area contributed by atoms with E-state index in [0.717, 1.165) is 5.56 Å². The molecule has 1 aromatic heterocycles. The zero-order chi connectivity index (χ0) is 13.8. The molecule has 1 atom stereocenters. The van der Waals surface area contributed by atoms with Gasteiger partial charge in [-0.15, -0.1) is 5.10 Å². The Hall–Kier alpha value is -2.48. The number of hydrogen-bond donors (Lipinski definition) is 3. The molecule has 2 amide bonds. The van der Waals surface area contributed by atoms with E-state index in [1.807, 2.05) is 19.1 Å². The van der Waals surface area contributed by atoms with Crippen molar-refractivity contribution in [3.8, 4) is 0 Å². The Kier molecular flexibility index (Phi) is 3.71. The first-order valence-electron chi connectivity index (χ1n) is 5.72. The molecule has 0 aliphatic rings. The molecule has 0 aliphatic heterocycles. The Bertz CT molecular complexity index is 561. The number of anilines is 2. The molecule has 1 unspecified atom stereocenters. The second-order valence-corrected chi connectivity index (χ2v) is 4.09. The number of hydrogen-bond acceptors (Lipinski definition) is 5. The summed E-state index contributed by atoms with van der Waals surface area (Å²) in [7, 11) is 1.61. The van der Waals surface area contributed by atoms with Crippen LogP contribution in [0.4, 0.5) is 16.4 Å². The third-order valence-electron chi connectivity index (χ3n) is 2.43. The predicted molar refractivity (Wildman–Crippen MR) is 70.5 cm³/mol. The summed E-state index contributed by atoms with van der Waals surface area (Å²) in [5.41, 5.74) is 7.40. The number of aryl methyl sites for hydroxylation is 1. The molecule has 4 N–H and O–H groups in total. The molecule has 2 rings (SSSR count). The Labute approximate surface area is 110 Å². The molecule has 0 aliphatic carbocycles. The molecule has 0 spiro atoms. The Morgan fingerprint density at radius 2 is 2.00 bits per heavy atom. The van der Waals surface area contributed by atoms with Crippen LogP contribution < -0.4 is 16.4 Å². The van der Waals surface area contributed by atoms with E-state index in [1.54, 1.807) is 19.2 Å². The van der Waals surface area contributed by atoms with Gasteiger partial charge in [-0.3, -0.25) is 5.32 Å². The van der Waals surface area contributed by atoms with E-state index in [4.69, 9.17) is 5.73 Å². The van der Waals surface area contributed by atoms with Gasteiger partial charge in [0, 0.05) is 11.7 Å². The number of aromatic nitrogens is 4. The number of carbonyl (C=O) groups is 1. The fourth-order valence-electron chi connectivity index (χ4n) is 1.47. The van der Waals surface area contributed by atoms with Crippen LogP contribution >= 0.6 is 0 Å². The summed E-state index contributed by atoms with van der Waals surface area (Å²) in [6.45, 7) is 1.90. The molecule has 8 heteroatoms. The maximum Gasteiger partial charge on any atom is 0.326 e. The van der Waals surface area contributed by atoms with Gasteiger partial charge >= 0.3 is 6.03 Å². The maximum atomic E-state index is 11.6. The zero-order valence-corrected chi connectivity index (χ0v) is 10.7. The standard InChI is InChI=1S/C11H15N7O/c1-7(12)8-3-5-9(6-4-8)13-11(19)14-10-15-17-18(2)16-10/h3-7H,12H2,1-2H3,(H2,13,14,16,19). The summed E-state index contributed by atoms with van der Waals surface area (Å²) < 4.78 is 0. The molecule has 0 fully saturated rings. The summed E-state index contributed by atoms with van der Waals surface area (Å²) >= 11 is 0. The molecule has 0 radical (unpaired) electrons. The topological polar surface area (TPSA) is 111 Å². The highest BCUT2D eigenvalue weighted by Crippen LogP contribution is 2.14. The summed E-state index contributed by atoms with van der Waals surface area (Å²) in [6.07, 6.45) is 0. The largest absolute Gasteiger partial charge is 0.326 e. The lowest BCUT2D eigenvalue weighted by atomic mass is 10.1. The van der Waals surface area contributed by atoms with Crippen LogP contribution in [-0.2, 0) is 7.05 Å². The lowest BCUT2D eigenvalue weighted by Gasteiger charge is -2.08. The normalized spacial score (nSPS) is 11.9. The fraction of sp³-hybridized carbons (Fsp3) is 0.273. The van der Waals surface area contributed by atoms with E-state index in [2.05, 4.69) is 26.0 Å². The van der Waals surface area contributed by atoms with E-state index in [1.165, 1.54) is 4.80 Å². The van der Waals surface area contributed by atoms with Crippen molar-refractivity contribution >= 4 is 17.7 Å². The quantitative estimate of drug-likeness (QED) is 0.759. The average molecular weight is 261 g/mol. The molecule has 1 heterocycles. The summed E-state index contributed by atoms with van der Waals surface area (Å²) in [4.78, 5) is 12.9. The molecule has 1 aromatic carbocycles. The van der Waals surface area contributed by atoms with Gasteiger partial charge < -0.3 is 11.1 Å². The van der Waals surface area contributed by atoms with Crippen LogP contribution in [0, 0.1) is 0 Å². The molecular weight excluding hydrogens is 246 g/mol. The Morgan fingerprint density at radius 1 is 1.32 bits per heavy atom. The first kappa shape index (κ1) is 13.0. The number of tetrazole rings is 1. The molecular formula is C11H15N7O. The number of urea groups is 1. The van der Waals surface area contributed by atoms with Gasteiger partial charge in [-0.05, 0) is 29.8 Å². The van der Waals surface area contributed by atoms with Crippen LogP contribution in [0.1, 0.15) is 18.5 Å². The summed E-state index contributed by atoms with van der Waals surface area (Å²) in [5.74, 6) is 0.146. The highest BCUT2D eigenvalue weighted by Gasteiger charge is 2.07. The van der Waals surface area contributed by atoms with E-state index in [-0.39, 0.29) is 12.0 Å². The van der Waals surface area contributed by atoms with E-state index >= 15 is 0 Å². The summed E-state index contributed by atoms with van der Waals surface area (Å²) in [5, 5.41) is 16.2.